The molecule has 0 radical (unpaired) electrons. The van der Waals surface area contributed by atoms with E-state index in [1.54, 1.807) is 6.33 Å². The third-order valence-corrected chi connectivity index (χ3v) is 4.75. The van der Waals surface area contributed by atoms with Crippen LogP contribution in [0, 0.1) is 12.8 Å². The standard InChI is InChI=1S/C22H25N5O/c1-14(2)8-21-24-13-25-27(21)19-10-16(20-7-4-15(3)12-23-20)9-17(11-19)22(28)26-18-5-6-18/h4,7,9-14,18H,5-6,8H2,1-3H3,(H,26,28). The minimum Gasteiger partial charge on any atom is -0.349 e. The number of amides is 1. The summed E-state index contributed by atoms with van der Waals surface area (Å²) in [4.78, 5) is 21.7. The Labute approximate surface area is 165 Å². The molecule has 1 N–H and O–H groups in total. The smallest absolute Gasteiger partial charge is 0.251 e. The fraction of sp³-hybridized carbons (Fsp3) is 0.364. The maximum absolute atomic E-state index is 12.7. The molecular weight excluding hydrogens is 350 g/mol. The number of rotatable bonds is 6. The van der Waals surface area contributed by atoms with Gasteiger partial charge in [0.15, 0.2) is 0 Å². The molecule has 6 nitrogen and oxygen atoms in total. The molecule has 6 heteroatoms. The van der Waals surface area contributed by atoms with Crippen LogP contribution in [0.5, 0.6) is 0 Å². The minimum atomic E-state index is -0.0526. The number of pyridine rings is 1. The summed E-state index contributed by atoms with van der Waals surface area (Å²) in [6.45, 7) is 6.32. The van der Waals surface area contributed by atoms with Crippen molar-refractivity contribution >= 4 is 5.91 Å². The lowest BCUT2D eigenvalue weighted by molar-refractivity contribution is 0.0951. The molecule has 1 aromatic carbocycles. The molecule has 1 aliphatic carbocycles. The average molecular weight is 375 g/mol. The zero-order chi connectivity index (χ0) is 19.7. The first-order valence-corrected chi connectivity index (χ1v) is 9.78. The van der Waals surface area contributed by atoms with Crippen LogP contribution in [0.15, 0.2) is 42.9 Å². The van der Waals surface area contributed by atoms with Crippen molar-refractivity contribution in [3.8, 4) is 16.9 Å². The van der Waals surface area contributed by atoms with Gasteiger partial charge in [-0.05, 0) is 55.5 Å². The first-order chi connectivity index (χ1) is 13.5. The van der Waals surface area contributed by atoms with Crippen LogP contribution in [0.4, 0.5) is 0 Å². The van der Waals surface area contributed by atoms with Crippen molar-refractivity contribution in [3.63, 3.8) is 0 Å². The molecule has 0 saturated heterocycles. The van der Waals surface area contributed by atoms with Crippen LogP contribution in [0.3, 0.4) is 0 Å². The summed E-state index contributed by atoms with van der Waals surface area (Å²) >= 11 is 0. The summed E-state index contributed by atoms with van der Waals surface area (Å²) in [7, 11) is 0. The summed E-state index contributed by atoms with van der Waals surface area (Å²) in [5, 5.41) is 7.49. The Morgan fingerprint density at radius 3 is 2.71 bits per heavy atom. The third kappa shape index (κ3) is 4.11. The van der Waals surface area contributed by atoms with Gasteiger partial charge in [-0.2, -0.15) is 5.10 Å². The number of nitrogens with zero attached hydrogens (tertiary/aromatic N) is 4. The van der Waals surface area contributed by atoms with Crippen molar-refractivity contribution in [2.24, 2.45) is 5.92 Å². The Kier molecular flexibility index (Phi) is 4.94. The van der Waals surface area contributed by atoms with Gasteiger partial charge in [0, 0.05) is 29.8 Å². The number of nitrogens with one attached hydrogen (secondary N) is 1. The number of carbonyl (C=O) groups is 1. The molecule has 1 fully saturated rings. The molecule has 1 saturated carbocycles. The summed E-state index contributed by atoms with van der Waals surface area (Å²) in [5.74, 6) is 1.29. The largest absolute Gasteiger partial charge is 0.349 e. The summed E-state index contributed by atoms with van der Waals surface area (Å²) in [6.07, 6.45) is 6.33. The topological polar surface area (TPSA) is 72.7 Å². The number of carbonyl (C=O) groups excluding carboxylic acids is 1. The molecule has 144 valence electrons. The van der Waals surface area contributed by atoms with E-state index >= 15 is 0 Å². The molecule has 0 aliphatic heterocycles. The lowest BCUT2D eigenvalue weighted by atomic mass is 10.0. The quantitative estimate of drug-likeness (QED) is 0.712. The van der Waals surface area contributed by atoms with E-state index in [1.165, 1.54) is 0 Å². The summed E-state index contributed by atoms with van der Waals surface area (Å²) in [6, 6.07) is 10.1. The molecule has 3 aromatic rings. The van der Waals surface area contributed by atoms with Crippen LogP contribution in [0.1, 0.15) is 48.4 Å². The molecule has 1 aliphatic rings. The molecule has 2 aromatic heterocycles. The van der Waals surface area contributed by atoms with Gasteiger partial charge in [-0.15, -0.1) is 0 Å². The highest BCUT2D eigenvalue weighted by Gasteiger charge is 2.24. The van der Waals surface area contributed by atoms with Gasteiger partial charge in [-0.3, -0.25) is 9.78 Å². The van der Waals surface area contributed by atoms with Crippen molar-refractivity contribution in [1.29, 1.82) is 0 Å². The maximum Gasteiger partial charge on any atom is 0.251 e. The van der Waals surface area contributed by atoms with E-state index in [2.05, 4.69) is 34.2 Å². The molecule has 1 amide bonds. The van der Waals surface area contributed by atoms with Gasteiger partial charge in [0.25, 0.3) is 5.91 Å². The Morgan fingerprint density at radius 2 is 2.04 bits per heavy atom. The molecule has 2 heterocycles. The van der Waals surface area contributed by atoms with Crippen molar-refractivity contribution in [1.82, 2.24) is 25.1 Å². The Hall–Kier alpha value is -3.02. The average Bonchev–Trinajstić information content (AvgIpc) is 3.37. The summed E-state index contributed by atoms with van der Waals surface area (Å²) < 4.78 is 1.82. The molecule has 0 atom stereocenters. The zero-order valence-corrected chi connectivity index (χ0v) is 16.5. The zero-order valence-electron chi connectivity index (χ0n) is 16.5. The molecular formula is C22H25N5O. The van der Waals surface area contributed by atoms with Gasteiger partial charge in [0.05, 0.1) is 11.4 Å². The second kappa shape index (κ2) is 7.54. The SMILES string of the molecule is Cc1ccc(-c2cc(C(=O)NC3CC3)cc(-n3ncnc3CC(C)C)c2)nc1. The fourth-order valence-corrected chi connectivity index (χ4v) is 3.13. The highest BCUT2D eigenvalue weighted by Crippen LogP contribution is 2.25. The normalized spacial score (nSPS) is 13.7. The van der Waals surface area contributed by atoms with Crippen LogP contribution >= 0.6 is 0 Å². The van der Waals surface area contributed by atoms with Gasteiger partial charge in [-0.1, -0.05) is 19.9 Å². The predicted molar refractivity (Wildman–Crippen MR) is 108 cm³/mol. The van der Waals surface area contributed by atoms with Crippen LogP contribution in [0.2, 0.25) is 0 Å². The van der Waals surface area contributed by atoms with E-state index in [0.717, 1.165) is 47.6 Å². The minimum absolute atomic E-state index is 0.0526. The van der Waals surface area contributed by atoms with Crippen molar-refractivity contribution in [3.05, 3.63) is 59.8 Å². The Morgan fingerprint density at radius 1 is 1.21 bits per heavy atom. The monoisotopic (exact) mass is 375 g/mol. The second-order valence-electron chi connectivity index (χ2n) is 7.92. The van der Waals surface area contributed by atoms with E-state index in [9.17, 15) is 4.79 Å². The van der Waals surface area contributed by atoms with Gasteiger partial charge < -0.3 is 5.32 Å². The van der Waals surface area contributed by atoms with Crippen molar-refractivity contribution in [2.45, 2.75) is 46.1 Å². The first kappa shape index (κ1) is 18.3. The number of hydrogen-bond donors (Lipinski definition) is 1. The Balaban J connectivity index is 1.78. The number of benzene rings is 1. The maximum atomic E-state index is 12.7. The summed E-state index contributed by atoms with van der Waals surface area (Å²) in [5.41, 5.74) is 4.27. The first-order valence-electron chi connectivity index (χ1n) is 9.78. The van der Waals surface area contributed by atoms with E-state index in [1.807, 2.05) is 48.1 Å². The lowest BCUT2D eigenvalue weighted by Gasteiger charge is -2.12. The van der Waals surface area contributed by atoms with Crippen LogP contribution in [0.25, 0.3) is 16.9 Å². The number of aromatic nitrogens is 4. The van der Waals surface area contributed by atoms with E-state index in [-0.39, 0.29) is 5.91 Å². The van der Waals surface area contributed by atoms with Crippen LogP contribution in [-0.4, -0.2) is 31.7 Å². The van der Waals surface area contributed by atoms with Crippen LogP contribution < -0.4 is 5.32 Å². The lowest BCUT2D eigenvalue weighted by Crippen LogP contribution is -2.25. The fourth-order valence-electron chi connectivity index (χ4n) is 3.13. The van der Waals surface area contributed by atoms with Gasteiger partial charge in [-0.25, -0.2) is 9.67 Å². The highest BCUT2D eigenvalue weighted by molar-refractivity contribution is 5.96. The third-order valence-electron chi connectivity index (χ3n) is 4.75. The van der Waals surface area contributed by atoms with Gasteiger partial charge >= 0.3 is 0 Å². The van der Waals surface area contributed by atoms with Crippen molar-refractivity contribution < 1.29 is 4.79 Å². The van der Waals surface area contributed by atoms with Gasteiger partial charge in [0.2, 0.25) is 0 Å². The second-order valence-corrected chi connectivity index (χ2v) is 7.92. The Bertz CT molecular complexity index is 986. The predicted octanol–water partition coefficient (Wildman–Crippen LogP) is 3.73. The van der Waals surface area contributed by atoms with E-state index in [0.29, 0.717) is 17.5 Å². The van der Waals surface area contributed by atoms with Gasteiger partial charge in [0.1, 0.15) is 12.2 Å². The van der Waals surface area contributed by atoms with E-state index in [4.69, 9.17) is 0 Å². The number of hydrogen-bond acceptors (Lipinski definition) is 4. The van der Waals surface area contributed by atoms with Crippen molar-refractivity contribution in [2.75, 3.05) is 0 Å². The molecule has 28 heavy (non-hydrogen) atoms. The highest BCUT2D eigenvalue weighted by atomic mass is 16.1. The molecule has 0 unspecified atom stereocenters. The van der Waals surface area contributed by atoms with E-state index < -0.39 is 0 Å². The van der Waals surface area contributed by atoms with Crippen LogP contribution in [-0.2, 0) is 6.42 Å². The molecule has 0 spiro atoms. The number of aryl methyl sites for hydroxylation is 1. The molecule has 4 rings (SSSR count). The molecule has 0 bridgehead atoms.